The predicted octanol–water partition coefficient (Wildman–Crippen LogP) is 3.02. The molecule has 3 aromatic rings. The van der Waals surface area contributed by atoms with Crippen LogP contribution < -0.4 is 10.6 Å². The summed E-state index contributed by atoms with van der Waals surface area (Å²) in [6.45, 7) is 4.39. The first-order valence-corrected chi connectivity index (χ1v) is 10.9. The fourth-order valence-electron chi connectivity index (χ4n) is 2.48. The Morgan fingerprint density at radius 2 is 2.00 bits per heavy atom. The van der Waals surface area contributed by atoms with Gasteiger partial charge in [-0.1, -0.05) is 34.7 Å². The summed E-state index contributed by atoms with van der Waals surface area (Å²) in [5.41, 5.74) is 2.05. The number of rotatable bonds is 8. The second-order valence-electron chi connectivity index (χ2n) is 5.87. The molecule has 0 saturated carbocycles. The molecule has 1 atom stereocenters. The highest BCUT2D eigenvalue weighted by atomic mass is 35.5. The lowest BCUT2D eigenvalue weighted by atomic mass is 10.2. The summed E-state index contributed by atoms with van der Waals surface area (Å²) in [6, 6.07) is 6.28. The standard InChI is InChI=1S/C17H18ClN7O2S2/c1-3-25-14(10(2)20-15(27)11-4-6-12(18)7-5-11)22-24-17(25)28-8-13(26)21-16-23-19-9-29-16/h4-7,9-10H,3,8H2,1-2H3,(H,20,27)(H,21,23,26). The molecule has 0 saturated heterocycles. The minimum absolute atomic E-state index is 0.156. The number of anilines is 1. The first-order chi connectivity index (χ1) is 14.0. The molecule has 1 aromatic carbocycles. The first-order valence-electron chi connectivity index (χ1n) is 8.66. The van der Waals surface area contributed by atoms with Gasteiger partial charge in [0, 0.05) is 17.1 Å². The molecule has 0 spiro atoms. The smallest absolute Gasteiger partial charge is 0.251 e. The van der Waals surface area contributed by atoms with Crippen molar-refractivity contribution in [1.29, 1.82) is 0 Å². The summed E-state index contributed by atoms with van der Waals surface area (Å²) in [5.74, 6) is 0.332. The van der Waals surface area contributed by atoms with E-state index in [0.717, 1.165) is 0 Å². The summed E-state index contributed by atoms with van der Waals surface area (Å²) >= 11 is 8.37. The number of nitrogens with zero attached hydrogens (tertiary/aromatic N) is 5. The second kappa shape index (κ2) is 9.81. The maximum Gasteiger partial charge on any atom is 0.251 e. The topological polar surface area (TPSA) is 115 Å². The number of amides is 2. The molecule has 0 aliphatic heterocycles. The quantitative estimate of drug-likeness (QED) is 0.506. The van der Waals surface area contributed by atoms with Crippen molar-refractivity contribution in [3.63, 3.8) is 0 Å². The number of hydrogen-bond donors (Lipinski definition) is 2. The van der Waals surface area contributed by atoms with Crippen molar-refractivity contribution < 1.29 is 9.59 Å². The number of nitrogens with one attached hydrogen (secondary N) is 2. The number of aromatic nitrogens is 5. The van der Waals surface area contributed by atoms with Crippen LogP contribution in [0.15, 0.2) is 34.9 Å². The molecule has 0 fully saturated rings. The summed E-state index contributed by atoms with van der Waals surface area (Å²) in [4.78, 5) is 24.5. The lowest BCUT2D eigenvalue weighted by molar-refractivity contribution is -0.113. The van der Waals surface area contributed by atoms with Gasteiger partial charge in [-0.15, -0.1) is 20.4 Å². The molecule has 0 aliphatic rings. The molecule has 0 aliphatic carbocycles. The molecular weight excluding hydrogens is 434 g/mol. The molecular formula is C17H18ClN7O2S2. The van der Waals surface area contributed by atoms with E-state index in [1.54, 1.807) is 29.8 Å². The van der Waals surface area contributed by atoms with Crippen LogP contribution >= 0.6 is 34.7 Å². The summed E-state index contributed by atoms with van der Waals surface area (Å²) in [5, 5.41) is 23.0. The van der Waals surface area contributed by atoms with Gasteiger partial charge in [0.15, 0.2) is 11.0 Å². The monoisotopic (exact) mass is 451 g/mol. The van der Waals surface area contributed by atoms with Crippen LogP contribution in [0.3, 0.4) is 0 Å². The van der Waals surface area contributed by atoms with E-state index < -0.39 is 0 Å². The number of carbonyl (C=O) groups is 2. The fraction of sp³-hybridized carbons (Fsp3) is 0.294. The maximum atomic E-state index is 12.4. The highest BCUT2D eigenvalue weighted by Crippen LogP contribution is 2.21. The van der Waals surface area contributed by atoms with Crippen LogP contribution in [0.4, 0.5) is 5.13 Å². The molecule has 2 heterocycles. The highest BCUT2D eigenvalue weighted by molar-refractivity contribution is 7.99. The van der Waals surface area contributed by atoms with Gasteiger partial charge >= 0.3 is 0 Å². The van der Waals surface area contributed by atoms with Gasteiger partial charge in [0.2, 0.25) is 11.0 Å². The second-order valence-corrected chi connectivity index (χ2v) is 8.08. The van der Waals surface area contributed by atoms with Gasteiger partial charge in [-0.2, -0.15) is 0 Å². The van der Waals surface area contributed by atoms with Crippen molar-refractivity contribution in [2.75, 3.05) is 11.1 Å². The Labute approximate surface area is 180 Å². The largest absolute Gasteiger partial charge is 0.342 e. The zero-order valence-corrected chi connectivity index (χ0v) is 18.0. The van der Waals surface area contributed by atoms with Crippen LogP contribution in [0, 0.1) is 0 Å². The van der Waals surface area contributed by atoms with Gasteiger partial charge in [0.25, 0.3) is 5.91 Å². The SMILES string of the molecule is CCn1c(SCC(=O)Nc2nncs2)nnc1C(C)NC(=O)c1ccc(Cl)cc1. The van der Waals surface area contributed by atoms with Crippen LogP contribution in [-0.4, -0.2) is 42.5 Å². The van der Waals surface area contributed by atoms with Gasteiger partial charge in [-0.05, 0) is 38.1 Å². The van der Waals surface area contributed by atoms with Crippen LogP contribution in [0.25, 0.3) is 0 Å². The van der Waals surface area contributed by atoms with Crippen LogP contribution in [-0.2, 0) is 11.3 Å². The predicted molar refractivity (Wildman–Crippen MR) is 112 cm³/mol. The van der Waals surface area contributed by atoms with Crippen molar-refractivity contribution in [1.82, 2.24) is 30.3 Å². The molecule has 9 nitrogen and oxygen atoms in total. The third-order valence-electron chi connectivity index (χ3n) is 3.84. The minimum Gasteiger partial charge on any atom is -0.342 e. The first kappa shape index (κ1) is 21.2. The van der Waals surface area contributed by atoms with E-state index in [4.69, 9.17) is 11.6 Å². The van der Waals surface area contributed by atoms with Crippen molar-refractivity contribution >= 4 is 51.6 Å². The van der Waals surface area contributed by atoms with E-state index in [-0.39, 0.29) is 23.6 Å². The number of hydrogen-bond acceptors (Lipinski definition) is 8. The van der Waals surface area contributed by atoms with E-state index in [1.165, 1.54) is 23.1 Å². The third-order valence-corrected chi connectivity index (χ3v) is 5.67. The lowest BCUT2D eigenvalue weighted by Gasteiger charge is -2.15. The van der Waals surface area contributed by atoms with Gasteiger partial charge in [0.05, 0.1) is 11.8 Å². The number of benzene rings is 1. The summed E-state index contributed by atoms with van der Waals surface area (Å²) in [6.07, 6.45) is 0. The molecule has 29 heavy (non-hydrogen) atoms. The number of thioether (sulfide) groups is 1. The maximum absolute atomic E-state index is 12.4. The molecule has 0 bridgehead atoms. The third kappa shape index (κ3) is 5.52. The fourth-order valence-corrected chi connectivity index (χ4v) is 3.88. The Kier molecular flexibility index (Phi) is 7.18. The molecule has 12 heteroatoms. The Hall–Kier alpha value is -2.50. The van der Waals surface area contributed by atoms with Crippen molar-refractivity contribution in [2.24, 2.45) is 0 Å². The van der Waals surface area contributed by atoms with Crippen LogP contribution in [0.2, 0.25) is 5.02 Å². The zero-order valence-electron chi connectivity index (χ0n) is 15.6. The number of halogens is 1. The molecule has 2 aromatic heterocycles. The van der Waals surface area contributed by atoms with Gasteiger partial charge < -0.3 is 9.88 Å². The van der Waals surface area contributed by atoms with Crippen LogP contribution in [0.5, 0.6) is 0 Å². The van der Waals surface area contributed by atoms with E-state index in [9.17, 15) is 9.59 Å². The normalized spacial score (nSPS) is 11.8. The molecule has 2 N–H and O–H groups in total. The highest BCUT2D eigenvalue weighted by Gasteiger charge is 2.20. The van der Waals surface area contributed by atoms with Crippen molar-refractivity contribution in [3.8, 4) is 0 Å². The van der Waals surface area contributed by atoms with Gasteiger partial charge in [-0.25, -0.2) is 0 Å². The molecule has 1 unspecified atom stereocenters. The minimum atomic E-state index is -0.366. The average molecular weight is 452 g/mol. The molecule has 3 rings (SSSR count). The Morgan fingerprint density at radius 3 is 2.66 bits per heavy atom. The molecule has 2 amide bonds. The Bertz CT molecular complexity index is 976. The van der Waals surface area contributed by atoms with Gasteiger partial charge in [0.1, 0.15) is 5.51 Å². The Morgan fingerprint density at radius 1 is 1.24 bits per heavy atom. The summed E-state index contributed by atoms with van der Waals surface area (Å²) in [7, 11) is 0. The average Bonchev–Trinajstić information content (AvgIpc) is 3.36. The zero-order chi connectivity index (χ0) is 20.8. The molecule has 0 radical (unpaired) electrons. The summed E-state index contributed by atoms with van der Waals surface area (Å²) < 4.78 is 1.87. The van der Waals surface area contributed by atoms with E-state index >= 15 is 0 Å². The Balaban J connectivity index is 1.62. The number of carbonyl (C=O) groups excluding carboxylic acids is 2. The van der Waals surface area contributed by atoms with E-state index in [1.807, 2.05) is 18.4 Å². The van der Waals surface area contributed by atoms with Crippen LogP contribution in [0.1, 0.15) is 36.1 Å². The lowest BCUT2D eigenvalue weighted by Crippen LogP contribution is -2.28. The van der Waals surface area contributed by atoms with E-state index in [2.05, 4.69) is 31.0 Å². The van der Waals surface area contributed by atoms with Crippen molar-refractivity contribution in [2.45, 2.75) is 31.6 Å². The molecule has 152 valence electrons. The van der Waals surface area contributed by atoms with E-state index in [0.29, 0.717) is 33.2 Å². The van der Waals surface area contributed by atoms with Gasteiger partial charge in [-0.3, -0.25) is 14.9 Å². The van der Waals surface area contributed by atoms with Crippen molar-refractivity contribution in [3.05, 3.63) is 46.2 Å².